The van der Waals surface area contributed by atoms with Gasteiger partial charge in [-0.1, -0.05) is 34.1 Å². The van der Waals surface area contributed by atoms with Crippen molar-refractivity contribution < 1.29 is 4.92 Å². The fourth-order valence-electron chi connectivity index (χ4n) is 1.79. The van der Waals surface area contributed by atoms with Crippen LogP contribution in [-0.2, 0) is 6.54 Å². The number of nitriles is 1. The molecule has 0 radical (unpaired) electrons. The molecule has 0 heterocycles. The second-order valence-corrected chi connectivity index (χ2v) is 4.96. The monoisotopic (exact) mass is 331 g/mol. The summed E-state index contributed by atoms with van der Waals surface area (Å²) in [6.07, 6.45) is 0. The molecule has 0 atom stereocenters. The second-order valence-electron chi connectivity index (χ2n) is 4.04. The van der Waals surface area contributed by atoms with Crippen LogP contribution in [-0.4, -0.2) is 4.92 Å². The van der Waals surface area contributed by atoms with Gasteiger partial charge in [0.2, 0.25) is 0 Å². The van der Waals surface area contributed by atoms with Gasteiger partial charge in [-0.25, -0.2) is 0 Å². The molecule has 0 amide bonds. The normalized spacial score (nSPS) is 9.80. The molecule has 2 rings (SSSR count). The number of para-hydroxylation sites is 1. The minimum absolute atomic E-state index is 0.0654. The molecule has 0 aliphatic heterocycles. The van der Waals surface area contributed by atoms with Gasteiger partial charge in [0.05, 0.1) is 16.2 Å². The molecule has 1 N–H and O–H groups in total. The van der Waals surface area contributed by atoms with Crippen LogP contribution in [0, 0.1) is 21.4 Å². The SMILES string of the molecule is N#Cc1cc(Br)ccc1NCc1ccccc1[N+](=O)[O-]. The highest BCUT2D eigenvalue weighted by Crippen LogP contribution is 2.23. The number of nitro groups is 1. The Labute approximate surface area is 124 Å². The van der Waals surface area contributed by atoms with Gasteiger partial charge in [0.1, 0.15) is 6.07 Å². The Morgan fingerprint density at radius 1 is 1.30 bits per heavy atom. The van der Waals surface area contributed by atoms with E-state index in [-0.39, 0.29) is 12.2 Å². The summed E-state index contributed by atoms with van der Waals surface area (Å²) in [5.41, 5.74) is 1.77. The Bertz CT molecular complexity index is 695. The average Bonchev–Trinajstić information content (AvgIpc) is 2.46. The van der Waals surface area contributed by atoms with Crippen molar-refractivity contribution in [3.63, 3.8) is 0 Å². The van der Waals surface area contributed by atoms with Crippen molar-refractivity contribution in [3.05, 3.63) is 68.2 Å². The van der Waals surface area contributed by atoms with Crippen LogP contribution in [0.3, 0.4) is 0 Å². The first-order valence-electron chi connectivity index (χ1n) is 5.77. The number of benzene rings is 2. The molecular formula is C14H10BrN3O2. The quantitative estimate of drug-likeness (QED) is 0.681. The minimum Gasteiger partial charge on any atom is -0.380 e. The summed E-state index contributed by atoms with van der Waals surface area (Å²) < 4.78 is 0.810. The molecule has 6 heteroatoms. The van der Waals surface area contributed by atoms with Crippen LogP contribution in [0.4, 0.5) is 11.4 Å². The molecule has 0 saturated carbocycles. The zero-order chi connectivity index (χ0) is 14.5. The smallest absolute Gasteiger partial charge is 0.274 e. The molecule has 0 aromatic heterocycles. The van der Waals surface area contributed by atoms with E-state index in [1.165, 1.54) is 6.07 Å². The summed E-state index contributed by atoms with van der Waals surface area (Å²) in [6, 6.07) is 13.9. The second kappa shape index (κ2) is 6.17. The number of hydrogen-bond donors (Lipinski definition) is 1. The third kappa shape index (κ3) is 3.13. The number of rotatable bonds is 4. The van der Waals surface area contributed by atoms with E-state index in [0.29, 0.717) is 16.8 Å². The van der Waals surface area contributed by atoms with Crippen molar-refractivity contribution in [1.29, 1.82) is 5.26 Å². The highest BCUT2D eigenvalue weighted by Gasteiger charge is 2.12. The van der Waals surface area contributed by atoms with E-state index >= 15 is 0 Å². The molecule has 0 aliphatic carbocycles. The van der Waals surface area contributed by atoms with Gasteiger partial charge in [-0.05, 0) is 18.2 Å². The summed E-state index contributed by atoms with van der Waals surface area (Å²) in [5, 5.41) is 23.0. The molecule has 2 aromatic carbocycles. The van der Waals surface area contributed by atoms with E-state index in [4.69, 9.17) is 5.26 Å². The summed E-state index contributed by atoms with van der Waals surface area (Å²) in [7, 11) is 0. The molecule has 0 unspecified atom stereocenters. The molecule has 5 nitrogen and oxygen atoms in total. The van der Waals surface area contributed by atoms with Crippen molar-refractivity contribution >= 4 is 27.3 Å². The lowest BCUT2D eigenvalue weighted by molar-refractivity contribution is -0.385. The van der Waals surface area contributed by atoms with Gasteiger partial charge in [0.25, 0.3) is 5.69 Å². The Morgan fingerprint density at radius 3 is 2.75 bits per heavy atom. The van der Waals surface area contributed by atoms with Gasteiger partial charge in [0.15, 0.2) is 0 Å². The fraction of sp³-hybridized carbons (Fsp3) is 0.0714. The molecule has 0 bridgehead atoms. The minimum atomic E-state index is -0.413. The van der Waals surface area contributed by atoms with Crippen LogP contribution in [0.1, 0.15) is 11.1 Å². The molecule has 0 aliphatic rings. The lowest BCUT2D eigenvalue weighted by Crippen LogP contribution is -2.04. The lowest BCUT2D eigenvalue weighted by atomic mass is 10.1. The van der Waals surface area contributed by atoms with Crippen LogP contribution in [0.15, 0.2) is 46.9 Å². The van der Waals surface area contributed by atoms with E-state index < -0.39 is 4.92 Å². The topological polar surface area (TPSA) is 79.0 Å². The van der Waals surface area contributed by atoms with Crippen LogP contribution in [0.2, 0.25) is 0 Å². The fourth-order valence-corrected chi connectivity index (χ4v) is 2.15. The van der Waals surface area contributed by atoms with E-state index in [1.807, 2.05) is 6.07 Å². The van der Waals surface area contributed by atoms with Crippen molar-refractivity contribution in [2.45, 2.75) is 6.54 Å². The van der Waals surface area contributed by atoms with E-state index in [2.05, 4.69) is 27.3 Å². The molecule has 100 valence electrons. The van der Waals surface area contributed by atoms with Crippen LogP contribution >= 0.6 is 15.9 Å². The van der Waals surface area contributed by atoms with Crippen molar-refractivity contribution in [2.75, 3.05) is 5.32 Å². The summed E-state index contributed by atoms with van der Waals surface area (Å²) >= 11 is 3.30. The van der Waals surface area contributed by atoms with Crippen molar-refractivity contribution in [3.8, 4) is 6.07 Å². The Hall–Kier alpha value is -2.39. The number of halogens is 1. The first-order chi connectivity index (χ1) is 9.61. The predicted octanol–water partition coefficient (Wildman–Crippen LogP) is 3.84. The molecule has 0 saturated heterocycles. The van der Waals surface area contributed by atoms with E-state index in [1.54, 1.807) is 30.3 Å². The number of hydrogen-bond acceptors (Lipinski definition) is 4. The van der Waals surface area contributed by atoms with Gasteiger partial charge >= 0.3 is 0 Å². The maximum Gasteiger partial charge on any atom is 0.274 e. The van der Waals surface area contributed by atoms with Gasteiger partial charge in [-0.2, -0.15) is 5.26 Å². The first kappa shape index (κ1) is 14.0. The first-order valence-corrected chi connectivity index (χ1v) is 6.57. The highest BCUT2D eigenvalue weighted by atomic mass is 79.9. The third-order valence-electron chi connectivity index (χ3n) is 2.76. The van der Waals surface area contributed by atoms with Crippen LogP contribution in [0.25, 0.3) is 0 Å². The Kier molecular flexibility index (Phi) is 4.33. The van der Waals surface area contributed by atoms with Crippen LogP contribution in [0.5, 0.6) is 0 Å². The maximum absolute atomic E-state index is 10.9. The predicted molar refractivity (Wildman–Crippen MR) is 79.3 cm³/mol. The highest BCUT2D eigenvalue weighted by molar-refractivity contribution is 9.10. The van der Waals surface area contributed by atoms with Gasteiger partial charge in [-0.3, -0.25) is 10.1 Å². The maximum atomic E-state index is 10.9. The summed E-state index contributed by atoms with van der Waals surface area (Å²) in [6.45, 7) is 0.285. The van der Waals surface area contributed by atoms with E-state index in [0.717, 1.165) is 4.47 Å². The zero-order valence-corrected chi connectivity index (χ0v) is 11.9. The summed E-state index contributed by atoms with van der Waals surface area (Å²) in [4.78, 5) is 10.5. The number of nitro benzene ring substituents is 1. The van der Waals surface area contributed by atoms with E-state index in [9.17, 15) is 10.1 Å². The number of nitrogens with zero attached hydrogens (tertiary/aromatic N) is 2. The molecule has 0 fully saturated rings. The van der Waals surface area contributed by atoms with Crippen molar-refractivity contribution in [2.24, 2.45) is 0 Å². The van der Waals surface area contributed by atoms with Gasteiger partial charge in [0, 0.05) is 22.6 Å². The molecule has 2 aromatic rings. The van der Waals surface area contributed by atoms with Crippen molar-refractivity contribution in [1.82, 2.24) is 0 Å². The molecular weight excluding hydrogens is 322 g/mol. The lowest BCUT2D eigenvalue weighted by Gasteiger charge is -2.09. The molecule has 0 spiro atoms. The van der Waals surface area contributed by atoms with Crippen LogP contribution < -0.4 is 5.32 Å². The van der Waals surface area contributed by atoms with Gasteiger partial charge in [-0.15, -0.1) is 0 Å². The summed E-state index contributed by atoms with van der Waals surface area (Å²) in [5.74, 6) is 0. The zero-order valence-electron chi connectivity index (χ0n) is 10.3. The standard InChI is InChI=1S/C14H10BrN3O2/c15-12-5-6-13(11(7-12)8-16)17-9-10-3-1-2-4-14(10)18(19)20/h1-7,17H,9H2. The van der Waals surface area contributed by atoms with Gasteiger partial charge < -0.3 is 5.32 Å². The third-order valence-corrected chi connectivity index (χ3v) is 3.25. The largest absolute Gasteiger partial charge is 0.380 e. The average molecular weight is 332 g/mol. The Morgan fingerprint density at radius 2 is 2.05 bits per heavy atom. The number of nitrogens with one attached hydrogen (secondary N) is 1. The number of anilines is 1. The molecule has 20 heavy (non-hydrogen) atoms. The Balaban J connectivity index is 2.22.